The van der Waals surface area contributed by atoms with Crippen molar-refractivity contribution in [3.8, 4) is 0 Å². The van der Waals surface area contributed by atoms with Crippen molar-refractivity contribution in [3.63, 3.8) is 0 Å². The minimum Gasteiger partial charge on any atom is -0.378 e. The quantitative estimate of drug-likeness (QED) is 0.820. The van der Waals surface area contributed by atoms with Gasteiger partial charge in [-0.05, 0) is 17.7 Å². The number of benzene rings is 1. The Labute approximate surface area is 113 Å². The summed E-state index contributed by atoms with van der Waals surface area (Å²) in [4.78, 5) is 1.30. The van der Waals surface area contributed by atoms with Crippen molar-refractivity contribution >= 4 is 11.8 Å². The maximum atomic E-state index is 6.27. The number of hydrogen-bond donors (Lipinski definition) is 2. The average molecular weight is 266 g/mol. The van der Waals surface area contributed by atoms with E-state index in [1.807, 2.05) is 11.8 Å². The van der Waals surface area contributed by atoms with Crippen LogP contribution in [0.2, 0.25) is 0 Å². The number of hydrogen-bond acceptors (Lipinski definition) is 4. The molecule has 4 heteroatoms. The van der Waals surface area contributed by atoms with Crippen LogP contribution < -0.4 is 11.1 Å². The molecule has 1 aromatic carbocycles. The Morgan fingerprint density at radius 2 is 2.06 bits per heavy atom. The maximum absolute atomic E-state index is 6.27. The number of thioether (sulfide) groups is 1. The first-order chi connectivity index (χ1) is 8.66. The summed E-state index contributed by atoms with van der Waals surface area (Å²) in [7, 11) is 0. The van der Waals surface area contributed by atoms with Crippen molar-refractivity contribution in [3.05, 3.63) is 29.8 Å². The molecule has 18 heavy (non-hydrogen) atoms. The lowest BCUT2D eigenvalue weighted by Gasteiger charge is -2.29. The lowest BCUT2D eigenvalue weighted by molar-refractivity contribution is 0.0685. The minimum atomic E-state index is 0.00315. The van der Waals surface area contributed by atoms with Crippen molar-refractivity contribution in [2.24, 2.45) is 5.73 Å². The SMILES string of the molecule is CC(C)Sc1ccc(C(N)C2COCCN2)cc1. The Morgan fingerprint density at radius 3 is 2.61 bits per heavy atom. The van der Waals surface area contributed by atoms with Crippen LogP contribution in [0.15, 0.2) is 29.2 Å². The normalized spacial score (nSPS) is 22.1. The Morgan fingerprint density at radius 1 is 1.33 bits per heavy atom. The van der Waals surface area contributed by atoms with Gasteiger partial charge in [0.2, 0.25) is 0 Å². The van der Waals surface area contributed by atoms with Crippen LogP contribution in [0.4, 0.5) is 0 Å². The fourth-order valence-electron chi connectivity index (χ4n) is 2.09. The zero-order valence-electron chi connectivity index (χ0n) is 11.1. The summed E-state index contributed by atoms with van der Waals surface area (Å²) in [5.41, 5.74) is 7.44. The highest BCUT2D eigenvalue weighted by molar-refractivity contribution is 7.99. The van der Waals surface area contributed by atoms with E-state index in [0.29, 0.717) is 11.9 Å². The largest absolute Gasteiger partial charge is 0.378 e. The Hall–Kier alpha value is -0.550. The van der Waals surface area contributed by atoms with Crippen LogP contribution in [0, 0.1) is 0 Å². The molecule has 0 bridgehead atoms. The van der Waals surface area contributed by atoms with Crippen molar-refractivity contribution in [2.75, 3.05) is 19.8 Å². The van der Waals surface area contributed by atoms with Gasteiger partial charge in [0.1, 0.15) is 0 Å². The molecule has 2 atom stereocenters. The summed E-state index contributed by atoms with van der Waals surface area (Å²) in [6.07, 6.45) is 0. The predicted octanol–water partition coefficient (Wildman–Crippen LogP) is 2.18. The molecule has 3 nitrogen and oxygen atoms in total. The Kier molecular flexibility index (Phi) is 5.06. The molecule has 0 amide bonds. The van der Waals surface area contributed by atoms with Gasteiger partial charge in [-0.3, -0.25) is 0 Å². The molecule has 1 aliphatic rings. The van der Waals surface area contributed by atoms with Crippen LogP contribution in [0.25, 0.3) is 0 Å². The fourth-order valence-corrected chi connectivity index (χ4v) is 2.93. The van der Waals surface area contributed by atoms with Gasteiger partial charge in [-0.1, -0.05) is 26.0 Å². The van der Waals surface area contributed by atoms with E-state index >= 15 is 0 Å². The highest BCUT2D eigenvalue weighted by Gasteiger charge is 2.21. The van der Waals surface area contributed by atoms with Crippen molar-refractivity contribution in [1.82, 2.24) is 5.32 Å². The van der Waals surface area contributed by atoms with E-state index in [-0.39, 0.29) is 12.1 Å². The summed E-state index contributed by atoms with van der Waals surface area (Å²) in [5, 5.41) is 4.02. The van der Waals surface area contributed by atoms with Crippen LogP contribution in [-0.2, 0) is 4.74 Å². The van der Waals surface area contributed by atoms with E-state index < -0.39 is 0 Å². The summed E-state index contributed by atoms with van der Waals surface area (Å²) >= 11 is 1.87. The molecule has 0 aliphatic carbocycles. The van der Waals surface area contributed by atoms with Crippen molar-refractivity contribution in [1.29, 1.82) is 0 Å². The van der Waals surface area contributed by atoms with Gasteiger partial charge >= 0.3 is 0 Å². The summed E-state index contributed by atoms with van der Waals surface area (Å²) in [6.45, 7) is 6.78. The molecule has 1 aliphatic heterocycles. The second-order valence-corrected chi connectivity index (χ2v) is 6.55. The Bertz CT molecular complexity index is 361. The predicted molar refractivity (Wildman–Crippen MR) is 77.0 cm³/mol. The molecule has 3 N–H and O–H groups in total. The van der Waals surface area contributed by atoms with Crippen LogP contribution in [-0.4, -0.2) is 31.1 Å². The number of nitrogens with one attached hydrogen (secondary N) is 1. The van der Waals surface area contributed by atoms with Crippen LogP contribution in [0.1, 0.15) is 25.5 Å². The van der Waals surface area contributed by atoms with Crippen LogP contribution in [0.3, 0.4) is 0 Å². The third kappa shape index (κ3) is 3.72. The number of rotatable bonds is 4. The van der Waals surface area contributed by atoms with Crippen LogP contribution in [0.5, 0.6) is 0 Å². The van der Waals surface area contributed by atoms with Gasteiger partial charge in [-0.25, -0.2) is 0 Å². The molecule has 0 saturated carbocycles. The second-order valence-electron chi connectivity index (χ2n) is 4.90. The first kappa shape index (κ1) is 13.9. The smallest absolute Gasteiger partial charge is 0.0638 e. The molecule has 1 aromatic rings. The minimum absolute atomic E-state index is 0.00315. The highest BCUT2D eigenvalue weighted by Crippen LogP contribution is 2.25. The van der Waals surface area contributed by atoms with Gasteiger partial charge in [0.05, 0.1) is 13.2 Å². The average Bonchev–Trinajstić information content (AvgIpc) is 2.39. The third-order valence-corrected chi connectivity index (χ3v) is 4.04. The molecular weight excluding hydrogens is 244 g/mol. The van der Waals surface area contributed by atoms with E-state index in [1.165, 1.54) is 10.5 Å². The fraction of sp³-hybridized carbons (Fsp3) is 0.571. The van der Waals surface area contributed by atoms with Crippen LogP contribution >= 0.6 is 11.8 Å². The molecule has 2 rings (SSSR count). The Balaban J connectivity index is 1.99. The first-order valence-corrected chi connectivity index (χ1v) is 7.38. The summed E-state index contributed by atoms with van der Waals surface area (Å²) in [5.74, 6) is 0. The first-order valence-electron chi connectivity index (χ1n) is 6.50. The number of nitrogens with two attached hydrogens (primary N) is 1. The summed E-state index contributed by atoms with van der Waals surface area (Å²) < 4.78 is 5.45. The van der Waals surface area contributed by atoms with Gasteiger partial charge in [0.25, 0.3) is 0 Å². The molecule has 1 fully saturated rings. The maximum Gasteiger partial charge on any atom is 0.0638 e. The van der Waals surface area contributed by atoms with Gasteiger partial charge < -0.3 is 15.8 Å². The number of ether oxygens (including phenoxy) is 1. The summed E-state index contributed by atoms with van der Waals surface area (Å²) in [6, 6.07) is 8.80. The molecule has 0 spiro atoms. The lowest BCUT2D eigenvalue weighted by Crippen LogP contribution is -2.47. The van der Waals surface area contributed by atoms with Crippen molar-refractivity contribution in [2.45, 2.75) is 36.1 Å². The molecule has 1 saturated heterocycles. The van der Waals surface area contributed by atoms with Crippen molar-refractivity contribution < 1.29 is 4.74 Å². The lowest BCUT2D eigenvalue weighted by atomic mass is 10.0. The van der Waals surface area contributed by atoms with Gasteiger partial charge in [0, 0.05) is 28.8 Å². The molecule has 1 heterocycles. The highest BCUT2D eigenvalue weighted by atomic mass is 32.2. The zero-order chi connectivity index (χ0) is 13.0. The number of morpholine rings is 1. The molecular formula is C14H22N2OS. The standard InChI is InChI=1S/C14H22N2OS/c1-10(2)18-12-5-3-11(4-6-12)14(15)13-9-17-8-7-16-13/h3-6,10,13-14,16H,7-9,15H2,1-2H3. The van der Waals surface area contributed by atoms with E-state index in [4.69, 9.17) is 10.5 Å². The van der Waals surface area contributed by atoms with E-state index in [1.54, 1.807) is 0 Å². The molecule has 0 radical (unpaired) electrons. The van der Waals surface area contributed by atoms with E-state index in [0.717, 1.165) is 13.2 Å². The molecule has 2 unspecified atom stereocenters. The van der Waals surface area contributed by atoms with Gasteiger partial charge in [-0.2, -0.15) is 0 Å². The molecule has 0 aromatic heterocycles. The van der Waals surface area contributed by atoms with E-state index in [9.17, 15) is 0 Å². The second kappa shape index (κ2) is 6.57. The molecule has 100 valence electrons. The van der Waals surface area contributed by atoms with E-state index in [2.05, 4.69) is 43.4 Å². The monoisotopic (exact) mass is 266 g/mol. The topological polar surface area (TPSA) is 47.3 Å². The van der Waals surface area contributed by atoms with Gasteiger partial charge in [-0.15, -0.1) is 11.8 Å². The van der Waals surface area contributed by atoms with Gasteiger partial charge in [0.15, 0.2) is 0 Å². The zero-order valence-corrected chi connectivity index (χ0v) is 11.9. The third-order valence-electron chi connectivity index (χ3n) is 3.02.